The Balaban J connectivity index is 2.65. The molecule has 18 heavy (non-hydrogen) atoms. The van der Waals surface area contributed by atoms with E-state index in [1.165, 1.54) is 4.90 Å². The van der Waals surface area contributed by atoms with Crippen molar-refractivity contribution in [1.82, 2.24) is 4.90 Å². The van der Waals surface area contributed by atoms with Gasteiger partial charge in [-0.1, -0.05) is 0 Å². The van der Waals surface area contributed by atoms with Gasteiger partial charge in [-0.2, -0.15) is 0 Å². The second kappa shape index (κ2) is 6.70. The second-order valence-corrected chi connectivity index (χ2v) is 5.00. The molecule has 0 aromatic carbocycles. The Bertz CT molecular complexity index is 301. The number of nitrogens with two attached hydrogens (primary N) is 2. The molecule has 6 heteroatoms. The lowest BCUT2D eigenvalue weighted by Gasteiger charge is -2.33. The van der Waals surface area contributed by atoms with E-state index in [-0.39, 0.29) is 24.4 Å². The van der Waals surface area contributed by atoms with Gasteiger partial charge < -0.3 is 21.1 Å². The van der Waals surface area contributed by atoms with Crippen LogP contribution in [0.4, 0.5) is 0 Å². The minimum atomic E-state index is -0.573. The normalized spacial score (nSPS) is 18.7. The first kappa shape index (κ1) is 14.9. The third kappa shape index (κ3) is 3.96. The fourth-order valence-corrected chi connectivity index (χ4v) is 2.15. The SMILES string of the molecule is CC(C)N(CC(N)=O)C(=O)C(N)C1CCOCC1. The lowest BCUT2D eigenvalue weighted by atomic mass is 9.91. The van der Waals surface area contributed by atoms with Crippen LogP contribution < -0.4 is 11.5 Å². The molecule has 1 rings (SSSR count). The van der Waals surface area contributed by atoms with Crippen LogP contribution in [0.5, 0.6) is 0 Å². The minimum absolute atomic E-state index is 0.0760. The summed E-state index contributed by atoms with van der Waals surface area (Å²) in [4.78, 5) is 24.7. The Morgan fingerprint density at radius 2 is 1.89 bits per heavy atom. The van der Waals surface area contributed by atoms with Gasteiger partial charge in [0, 0.05) is 19.3 Å². The van der Waals surface area contributed by atoms with Gasteiger partial charge in [0.25, 0.3) is 0 Å². The molecule has 6 nitrogen and oxygen atoms in total. The third-order valence-electron chi connectivity index (χ3n) is 3.29. The van der Waals surface area contributed by atoms with Gasteiger partial charge in [-0.25, -0.2) is 0 Å². The van der Waals surface area contributed by atoms with E-state index in [1.54, 1.807) is 0 Å². The van der Waals surface area contributed by atoms with Gasteiger partial charge >= 0.3 is 0 Å². The largest absolute Gasteiger partial charge is 0.381 e. The molecule has 0 bridgehead atoms. The number of rotatable bonds is 5. The first-order valence-electron chi connectivity index (χ1n) is 6.35. The number of primary amides is 1. The van der Waals surface area contributed by atoms with Crippen LogP contribution in [0.3, 0.4) is 0 Å². The second-order valence-electron chi connectivity index (χ2n) is 5.00. The standard InChI is InChI=1S/C12H23N3O3/c1-8(2)15(7-10(13)16)12(17)11(14)9-3-5-18-6-4-9/h8-9,11H,3-7,14H2,1-2H3,(H2,13,16). The number of amides is 2. The first-order valence-corrected chi connectivity index (χ1v) is 6.35. The molecule has 0 aliphatic carbocycles. The molecule has 104 valence electrons. The minimum Gasteiger partial charge on any atom is -0.381 e. The van der Waals surface area contributed by atoms with E-state index in [1.807, 2.05) is 13.8 Å². The monoisotopic (exact) mass is 257 g/mol. The van der Waals surface area contributed by atoms with Gasteiger partial charge in [-0.3, -0.25) is 9.59 Å². The number of hydrogen-bond donors (Lipinski definition) is 2. The Kier molecular flexibility index (Phi) is 5.55. The van der Waals surface area contributed by atoms with Gasteiger partial charge in [0.2, 0.25) is 11.8 Å². The van der Waals surface area contributed by atoms with E-state index in [4.69, 9.17) is 16.2 Å². The van der Waals surface area contributed by atoms with E-state index in [9.17, 15) is 9.59 Å². The van der Waals surface area contributed by atoms with Gasteiger partial charge in [-0.05, 0) is 32.6 Å². The first-order chi connectivity index (χ1) is 8.43. The zero-order chi connectivity index (χ0) is 13.7. The number of carbonyl (C=O) groups excluding carboxylic acids is 2. The maximum atomic E-state index is 12.3. The highest BCUT2D eigenvalue weighted by Gasteiger charge is 2.31. The molecule has 0 radical (unpaired) electrons. The molecule has 0 saturated carbocycles. The van der Waals surface area contributed by atoms with Crippen molar-refractivity contribution in [2.24, 2.45) is 17.4 Å². The highest BCUT2D eigenvalue weighted by molar-refractivity contribution is 5.87. The quantitative estimate of drug-likeness (QED) is 0.691. The van der Waals surface area contributed by atoms with Crippen molar-refractivity contribution in [3.8, 4) is 0 Å². The molecule has 1 aliphatic rings. The van der Waals surface area contributed by atoms with Crippen LogP contribution in [-0.4, -0.2) is 48.6 Å². The summed E-state index contributed by atoms with van der Waals surface area (Å²) in [6, 6.07) is -0.661. The summed E-state index contributed by atoms with van der Waals surface area (Å²) in [6.07, 6.45) is 1.57. The van der Waals surface area contributed by atoms with Crippen molar-refractivity contribution in [3.05, 3.63) is 0 Å². The summed E-state index contributed by atoms with van der Waals surface area (Å²) in [5, 5.41) is 0. The van der Waals surface area contributed by atoms with Crippen molar-refractivity contribution >= 4 is 11.8 Å². The van der Waals surface area contributed by atoms with Crippen molar-refractivity contribution in [3.63, 3.8) is 0 Å². The fraction of sp³-hybridized carbons (Fsp3) is 0.833. The van der Waals surface area contributed by atoms with Gasteiger partial charge in [0.05, 0.1) is 12.6 Å². The molecule has 1 aliphatic heterocycles. The molecular weight excluding hydrogens is 234 g/mol. The average molecular weight is 257 g/mol. The van der Waals surface area contributed by atoms with E-state index in [0.29, 0.717) is 13.2 Å². The lowest BCUT2D eigenvalue weighted by Crippen LogP contribution is -2.53. The number of ether oxygens (including phenoxy) is 1. The van der Waals surface area contributed by atoms with E-state index in [0.717, 1.165) is 12.8 Å². The van der Waals surface area contributed by atoms with Crippen LogP contribution >= 0.6 is 0 Å². The van der Waals surface area contributed by atoms with E-state index >= 15 is 0 Å². The lowest BCUT2D eigenvalue weighted by molar-refractivity contribution is -0.139. The van der Waals surface area contributed by atoms with Crippen LogP contribution in [0, 0.1) is 5.92 Å². The highest BCUT2D eigenvalue weighted by atomic mass is 16.5. The highest BCUT2D eigenvalue weighted by Crippen LogP contribution is 2.19. The summed E-state index contributed by atoms with van der Waals surface area (Å²) in [6.45, 7) is 4.90. The Hall–Kier alpha value is -1.14. The molecule has 0 aromatic rings. The molecule has 0 aromatic heterocycles. The molecule has 1 heterocycles. The average Bonchev–Trinajstić information content (AvgIpc) is 2.34. The van der Waals surface area contributed by atoms with Crippen molar-refractivity contribution in [2.75, 3.05) is 19.8 Å². The van der Waals surface area contributed by atoms with Gasteiger partial charge in [0.1, 0.15) is 0 Å². The van der Waals surface area contributed by atoms with E-state index < -0.39 is 11.9 Å². The third-order valence-corrected chi connectivity index (χ3v) is 3.29. The van der Waals surface area contributed by atoms with Crippen LogP contribution in [0.15, 0.2) is 0 Å². The predicted molar refractivity (Wildman–Crippen MR) is 67.6 cm³/mol. The Morgan fingerprint density at radius 1 is 1.33 bits per heavy atom. The fourth-order valence-electron chi connectivity index (χ4n) is 2.15. The topological polar surface area (TPSA) is 98.7 Å². The zero-order valence-electron chi connectivity index (χ0n) is 11.1. The van der Waals surface area contributed by atoms with Crippen LogP contribution in [0.25, 0.3) is 0 Å². The molecule has 4 N–H and O–H groups in total. The molecule has 1 fully saturated rings. The summed E-state index contributed by atoms with van der Waals surface area (Å²) in [5.41, 5.74) is 11.2. The van der Waals surface area contributed by atoms with Crippen LogP contribution in [0.1, 0.15) is 26.7 Å². The van der Waals surface area contributed by atoms with Gasteiger partial charge in [-0.15, -0.1) is 0 Å². The molecule has 2 amide bonds. The summed E-state index contributed by atoms with van der Waals surface area (Å²) < 4.78 is 5.25. The number of hydrogen-bond acceptors (Lipinski definition) is 4. The summed E-state index contributed by atoms with van der Waals surface area (Å²) in [7, 11) is 0. The van der Waals surface area contributed by atoms with Crippen molar-refractivity contribution in [1.29, 1.82) is 0 Å². The molecule has 1 saturated heterocycles. The Morgan fingerprint density at radius 3 is 2.33 bits per heavy atom. The van der Waals surface area contributed by atoms with Crippen LogP contribution in [-0.2, 0) is 14.3 Å². The predicted octanol–water partition coefficient (Wildman–Crippen LogP) is -0.537. The molecule has 0 spiro atoms. The maximum Gasteiger partial charge on any atom is 0.240 e. The smallest absolute Gasteiger partial charge is 0.240 e. The zero-order valence-corrected chi connectivity index (χ0v) is 11.1. The molecular formula is C12H23N3O3. The Labute approximate surface area is 108 Å². The summed E-state index contributed by atoms with van der Waals surface area (Å²) in [5.74, 6) is -0.590. The van der Waals surface area contributed by atoms with Crippen LogP contribution in [0.2, 0.25) is 0 Å². The molecule has 1 atom stereocenters. The number of carbonyl (C=O) groups is 2. The molecule has 1 unspecified atom stereocenters. The van der Waals surface area contributed by atoms with Crippen molar-refractivity contribution < 1.29 is 14.3 Å². The maximum absolute atomic E-state index is 12.3. The number of nitrogens with zero attached hydrogens (tertiary/aromatic N) is 1. The van der Waals surface area contributed by atoms with Gasteiger partial charge in [0.15, 0.2) is 0 Å². The van der Waals surface area contributed by atoms with Crippen molar-refractivity contribution in [2.45, 2.75) is 38.8 Å². The van der Waals surface area contributed by atoms with E-state index in [2.05, 4.69) is 0 Å². The summed E-state index contributed by atoms with van der Waals surface area (Å²) >= 11 is 0.